The number of allylic oxidation sites excluding steroid dienone is 4. The Bertz CT molecular complexity index is 1140. The van der Waals surface area contributed by atoms with E-state index in [2.05, 4.69) is 4.98 Å². The van der Waals surface area contributed by atoms with Gasteiger partial charge in [-0.2, -0.15) is 13.2 Å². The first-order valence-corrected chi connectivity index (χ1v) is 10.3. The first kappa shape index (κ1) is 21.2. The lowest BCUT2D eigenvalue weighted by Crippen LogP contribution is -2.34. The van der Waals surface area contributed by atoms with Gasteiger partial charge in [-0.15, -0.1) is 0 Å². The Balaban J connectivity index is 2.14. The van der Waals surface area contributed by atoms with Gasteiger partial charge >= 0.3 is 6.18 Å². The van der Waals surface area contributed by atoms with E-state index in [1.807, 2.05) is 0 Å². The molecule has 2 aromatic rings. The maximum absolute atomic E-state index is 14.7. The Morgan fingerprint density at radius 2 is 1.76 bits per heavy atom. The standard InChI is InChI=1S/C20H16F5NO2S/c1-19(20(23,24)25)6-3-4-12(10-19)13-5-7-26-11-15(13)14-8-17(22)18(9-16(14)21)29(2,27)28/h3-9,11H,10H2,1-2H3. The summed E-state index contributed by atoms with van der Waals surface area (Å²) in [4.78, 5) is 3.07. The van der Waals surface area contributed by atoms with Crippen LogP contribution in [0.1, 0.15) is 18.9 Å². The van der Waals surface area contributed by atoms with Crippen molar-refractivity contribution in [1.82, 2.24) is 4.98 Å². The van der Waals surface area contributed by atoms with E-state index >= 15 is 0 Å². The van der Waals surface area contributed by atoms with Crippen molar-refractivity contribution in [2.24, 2.45) is 5.41 Å². The summed E-state index contributed by atoms with van der Waals surface area (Å²) in [7, 11) is -3.99. The summed E-state index contributed by atoms with van der Waals surface area (Å²) in [6.07, 6.45) is 2.21. The molecule has 0 N–H and O–H groups in total. The van der Waals surface area contributed by atoms with Crippen molar-refractivity contribution < 1.29 is 30.4 Å². The molecule has 0 spiro atoms. The molecule has 29 heavy (non-hydrogen) atoms. The first-order chi connectivity index (χ1) is 13.3. The Labute approximate surface area is 164 Å². The number of aromatic nitrogens is 1. The largest absolute Gasteiger partial charge is 0.397 e. The fourth-order valence-corrected chi connectivity index (χ4v) is 3.91. The fraction of sp³-hybridized carbons (Fsp3) is 0.250. The highest BCUT2D eigenvalue weighted by Crippen LogP contribution is 2.48. The summed E-state index contributed by atoms with van der Waals surface area (Å²) >= 11 is 0. The van der Waals surface area contributed by atoms with Crippen LogP contribution in [0.5, 0.6) is 0 Å². The Hall–Kier alpha value is -2.55. The van der Waals surface area contributed by atoms with Gasteiger partial charge in [0.15, 0.2) is 9.84 Å². The van der Waals surface area contributed by atoms with Gasteiger partial charge in [-0.3, -0.25) is 4.98 Å². The maximum Gasteiger partial charge on any atom is 0.397 e. The van der Waals surface area contributed by atoms with Gasteiger partial charge in [0.1, 0.15) is 16.5 Å². The highest BCUT2D eigenvalue weighted by atomic mass is 32.2. The number of alkyl halides is 3. The molecule has 0 saturated carbocycles. The maximum atomic E-state index is 14.7. The van der Waals surface area contributed by atoms with E-state index in [1.165, 1.54) is 30.6 Å². The van der Waals surface area contributed by atoms with Crippen molar-refractivity contribution in [1.29, 1.82) is 0 Å². The molecule has 9 heteroatoms. The summed E-state index contributed by atoms with van der Waals surface area (Å²) in [6, 6.07) is 2.69. The molecule has 0 aliphatic heterocycles. The molecule has 1 aliphatic rings. The van der Waals surface area contributed by atoms with E-state index in [-0.39, 0.29) is 22.3 Å². The number of hydrogen-bond acceptors (Lipinski definition) is 3. The number of sulfone groups is 1. The molecule has 0 amide bonds. The summed E-state index contributed by atoms with van der Waals surface area (Å²) < 4.78 is 92.5. The van der Waals surface area contributed by atoms with Crippen LogP contribution in [0.15, 0.2) is 53.7 Å². The molecular formula is C20H16F5NO2S. The van der Waals surface area contributed by atoms with Gasteiger partial charge in [0.05, 0.1) is 5.41 Å². The van der Waals surface area contributed by atoms with E-state index in [0.717, 1.165) is 19.3 Å². The Morgan fingerprint density at radius 1 is 1.07 bits per heavy atom. The molecular weight excluding hydrogens is 413 g/mol. The molecule has 3 nitrogen and oxygen atoms in total. The summed E-state index contributed by atoms with van der Waals surface area (Å²) in [5.41, 5.74) is -1.80. The second-order valence-corrected chi connectivity index (χ2v) is 9.08. The van der Waals surface area contributed by atoms with Crippen LogP contribution in [0.2, 0.25) is 0 Å². The van der Waals surface area contributed by atoms with Crippen LogP contribution in [0.3, 0.4) is 0 Å². The minimum Gasteiger partial charge on any atom is -0.264 e. The van der Waals surface area contributed by atoms with E-state index in [0.29, 0.717) is 12.1 Å². The molecule has 0 radical (unpaired) electrons. The molecule has 1 unspecified atom stereocenters. The Kier molecular flexibility index (Phi) is 5.15. The lowest BCUT2D eigenvalue weighted by atomic mass is 9.77. The zero-order chi connectivity index (χ0) is 21.6. The molecule has 1 aromatic carbocycles. The summed E-state index contributed by atoms with van der Waals surface area (Å²) in [6.45, 7) is 1.05. The van der Waals surface area contributed by atoms with Gasteiger partial charge in [-0.05, 0) is 42.7 Å². The van der Waals surface area contributed by atoms with E-state index < -0.39 is 44.4 Å². The lowest BCUT2D eigenvalue weighted by Gasteiger charge is -2.32. The number of rotatable bonds is 3. The van der Waals surface area contributed by atoms with Gasteiger partial charge in [0.25, 0.3) is 0 Å². The predicted molar refractivity (Wildman–Crippen MR) is 98.6 cm³/mol. The number of hydrogen-bond donors (Lipinski definition) is 0. The van der Waals surface area contributed by atoms with Gasteiger partial charge in [0, 0.05) is 29.8 Å². The first-order valence-electron chi connectivity index (χ1n) is 8.42. The molecule has 0 bridgehead atoms. The SMILES string of the molecule is CC1(C(F)(F)F)C=CC=C(c2ccncc2-c2cc(F)c(S(C)(=O)=O)cc2F)C1. The second kappa shape index (κ2) is 7.05. The van der Waals surface area contributed by atoms with Crippen LogP contribution >= 0.6 is 0 Å². The molecule has 1 atom stereocenters. The van der Waals surface area contributed by atoms with E-state index in [4.69, 9.17) is 0 Å². The average Bonchev–Trinajstić information content (AvgIpc) is 2.61. The van der Waals surface area contributed by atoms with Gasteiger partial charge < -0.3 is 0 Å². The lowest BCUT2D eigenvalue weighted by molar-refractivity contribution is -0.198. The monoisotopic (exact) mass is 429 g/mol. The highest BCUT2D eigenvalue weighted by Gasteiger charge is 2.50. The number of halogens is 5. The van der Waals surface area contributed by atoms with Crippen LogP contribution in [0.4, 0.5) is 22.0 Å². The predicted octanol–water partition coefficient (Wildman–Crippen LogP) is 5.34. The average molecular weight is 429 g/mol. The summed E-state index contributed by atoms with van der Waals surface area (Å²) in [5.74, 6) is -2.18. The van der Waals surface area contributed by atoms with Gasteiger partial charge in [-0.25, -0.2) is 17.2 Å². The summed E-state index contributed by atoms with van der Waals surface area (Å²) in [5, 5.41) is 0. The van der Waals surface area contributed by atoms with E-state index in [1.54, 1.807) is 0 Å². The zero-order valence-electron chi connectivity index (χ0n) is 15.4. The molecule has 154 valence electrons. The van der Waals surface area contributed by atoms with Crippen molar-refractivity contribution in [3.05, 3.63) is 66.0 Å². The molecule has 1 heterocycles. The molecule has 0 fully saturated rings. The number of pyridine rings is 1. The van der Waals surface area contributed by atoms with Crippen LogP contribution in [-0.2, 0) is 9.84 Å². The second-order valence-electron chi connectivity index (χ2n) is 7.10. The topological polar surface area (TPSA) is 47.0 Å². The zero-order valence-corrected chi connectivity index (χ0v) is 16.2. The molecule has 3 rings (SSSR count). The van der Waals surface area contributed by atoms with Crippen LogP contribution < -0.4 is 0 Å². The van der Waals surface area contributed by atoms with Crippen molar-refractivity contribution >= 4 is 15.4 Å². The third-order valence-corrected chi connectivity index (χ3v) is 5.96. The van der Waals surface area contributed by atoms with Crippen molar-refractivity contribution in [2.75, 3.05) is 6.26 Å². The minimum absolute atomic E-state index is 0.0648. The van der Waals surface area contributed by atoms with Crippen LogP contribution in [0.25, 0.3) is 16.7 Å². The molecule has 0 saturated heterocycles. The molecule has 1 aromatic heterocycles. The van der Waals surface area contributed by atoms with Crippen molar-refractivity contribution in [2.45, 2.75) is 24.4 Å². The van der Waals surface area contributed by atoms with Crippen molar-refractivity contribution in [3.63, 3.8) is 0 Å². The van der Waals surface area contributed by atoms with Crippen molar-refractivity contribution in [3.8, 4) is 11.1 Å². The number of nitrogens with zero attached hydrogens (tertiary/aromatic N) is 1. The quantitative estimate of drug-likeness (QED) is 0.619. The van der Waals surface area contributed by atoms with E-state index in [9.17, 15) is 30.4 Å². The molecule has 1 aliphatic carbocycles. The Morgan fingerprint density at radius 3 is 2.38 bits per heavy atom. The highest BCUT2D eigenvalue weighted by molar-refractivity contribution is 7.90. The van der Waals surface area contributed by atoms with Gasteiger partial charge in [-0.1, -0.05) is 18.2 Å². The third kappa shape index (κ3) is 3.96. The normalized spacial score (nSPS) is 19.9. The number of benzene rings is 1. The third-order valence-electron chi connectivity index (χ3n) is 4.84. The fourth-order valence-electron chi connectivity index (χ4n) is 3.18. The minimum atomic E-state index is -4.50. The van der Waals surface area contributed by atoms with Gasteiger partial charge in [0.2, 0.25) is 0 Å². The van der Waals surface area contributed by atoms with Crippen LogP contribution in [-0.4, -0.2) is 25.8 Å². The smallest absolute Gasteiger partial charge is 0.264 e. The van der Waals surface area contributed by atoms with Crippen LogP contribution in [0, 0.1) is 17.0 Å².